The minimum Gasteiger partial charge on any atom is -0.497 e. The number of fused-ring (bicyclic) bond motifs is 2. The molecule has 4 aliphatic rings. The van der Waals surface area contributed by atoms with E-state index in [9.17, 15) is 24.0 Å². The van der Waals surface area contributed by atoms with Gasteiger partial charge in [-0.2, -0.15) is 19.2 Å². The number of imide groups is 2. The van der Waals surface area contributed by atoms with E-state index in [-0.39, 0.29) is 35.7 Å². The molecule has 0 bridgehead atoms. The Morgan fingerprint density at radius 1 is 0.871 bits per heavy atom. The second-order valence-corrected chi connectivity index (χ2v) is 17.2. The van der Waals surface area contributed by atoms with Crippen LogP contribution in [0.2, 0.25) is 10.2 Å². The Hall–Kier alpha value is -6.53. The standard InChI is InChI=1S/C22H21ClN6O3.C20H22ClN5O4/c1-32-15-4-5-16(23)17(8-15)26-18-9-19(24-10-12-2-3-12)29-21(27-18)14(11-25-29)6-13-7-20(30)28-22(13)31;1-20(2,3)30-19(29)25(10-11-4-5-11)16-8-14(21)23-17-13(9-22-26(16)17)6-12-7-15(27)24-18(12)28/h4-6,8-9,11-12,24H,2-3,7,10H2,1H3,(H,26,27)(H,28,30,31);6,8-9,11H,4-5,7,10H2,1-3H3,(H,24,27,28)/b13-6+;12-6+. The molecule has 1 aromatic carbocycles. The maximum Gasteiger partial charge on any atom is 0.416 e. The maximum atomic E-state index is 12.9. The van der Waals surface area contributed by atoms with Gasteiger partial charge in [0.15, 0.2) is 11.3 Å². The van der Waals surface area contributed by atoms with E-state index < -0.39 is 17.6 Å². The predicted octanol–water partition coefficient (Wildman–Crippen LogP) is 6.35. The van der Waals surface area contributed by atoms with Gasteiger partial charge in [-0.3, -0.25) is 34.7 Å². The number of nitrogens with zero attached hydrogens (tertiary/aromatic N) is 7. The quantitative estimate of drug-likeness (QED) is 0.0647. The number of anilines is 4. The number of hydrogen-bond acceptors (Lipinski definition) is 13. The molecule has 2 saturated carbocycles. The molecule has 4 aromatic heterocycles. The molecule has 20 heteroatoms. The molecule has 0 spiro atoms. The molecule has 0 unspecified atom stereocenters. The number of aromatic nitrogens is 6. The normalized spacial score (nSPS) is 17.6. The maximum absolute atomic E-state index is 12.9. The fraction of sp³-hybridized carbons (Fsp3) is 0.357. The highest BCUT2D eigenvalue weighted by Crippen LogP contribution is 2.35. The Kier molecular flexibility index (Phi) is 11.6. The van der Waals surface area contributed by atoms with E-state index in [1.54, 1.807) is 54.2 Å². The summed E-state index contributed by atoms with van der Waals surface area (Å²) in [5, 5.41) is 20.7. The molecule has 18 nitrogen and oxygen atoms in total. The molecule has 5 amide bonds. The van der Waals surface area contributed by atoms with E-state index >= 15 is 0 Å². The van der Waals surface area contributed by atoms with Crippen LogP contribution in [0.1, 0.15) is 70.4 Å². The van der Waals surface area contributed by atoms with E-state index in [0.717, 1.165) is 25.2 Å². The third-order valence-corrected chi connectivity index (χ3v) is 10.7. The van der Waals surface area contributed by atoms with Crippen LogP contribution >= 0.6 is 23.2 Å². The zero-order chi connectivity index (χ0) is 43.9. The van der Waals surface area contributed by atoms with Gasteiger partial charge in [-0.15, -0.1) is 0 Å². The van der Waals surface area contributed by atoms with Crippen molar-refractivity contribution in [2.45, 2.75) is 64.9 Å². The number of amides is 5. The molecule has 322 valence electrons. The highest BCUT2D eigenvalue weighted by molar-refractivity contribution is 6.33. The van der Waals surface area contributed by atoms with E-state index in [4.69, 9.17) is 37.7 Å². The summed E-state index contributed by atoms with van der Waals surface area (Å²) in [4.78, 5) is 70.4. The Labute approximate surface area is 365 Å². The molecule has 6 heterocycles. The van der Waals surface area contributed by atoms with Gasteiger partial charge in [-0.05, 0) is 82.6 Å². The van der Waals surface area contributed by atoms with Crippen LogP contribution in [0.4, 0.5) is 27.9 Å². The van der Waals surface area contributed by atoms with Gasteiger partial charge in [-0.1, -0.05) is 23.2 Å². The summed E-state index contributed by atoms with van der Waals surface area (Å²) in [6, 6.07) is 8.75. The predicted molar refractivity (Wildman–Crippen MR) is 231 cm³/mol. The number of benzene rings is 1. The van der Waals surface area contributed by atoms with Crippen molar-refractivity contribution in [3.05, 3.63) is 75.2 Å². The number of ether oxygens (including phenoxy) is 2. The Morgan fingerprint density at radius 2 is 1.48 bits per heavy atom. The summed E-state index contributed by atoms with van der Waals surface area (Å²) in [5.74, 6) is 1.97. The molecule has 9 rings (SSSR count). The largest absolute Gasteiger partial charge is 0.497 e. The molecule has 4 fully saturated rings. The molecule has 0 radical (unpaired) electrons. The van der Waals surface area contributed by atoms with Gasteiger partial charge < -0.3 is 20.1 Å². The molecular weight excluding hydrogens is 841 g/mol. The van der Waals surface area contributed by atoms with Crippen LogP contribution in [0.25, 0.3) is 23.4 Å². The van der Waals surface area contributed by atoms with Gasteiger partial charge in [0, 0.05) is 53.6 Å². The van der Waals surface area contributed by atoms with Gasteiger partial charge in [0.1, 0.15) is 34.0 Å². The topological polar surface area (TPSA) is 216 Å². The third-order valence-electron chi connectivity index (χ3n) is 10.1. The van der Waals surface area contributed by atoms with Crippen molar-refractivity contribution in [3.8, 4) is 5.75 Å². The molecule has 4 N–H and O–H groups in total. The van der Waals surface area contributed by atoms with Gasteiger partial charge in [0.2, 0.25) is 11.8 Å². The number of hydrogen-bond donors (Lipinski definition) is 4. The van der Waals surface area contributed by atoms with Crippen molar-refractivity contribution in [2.24, 2.45) is 11.8 Å². The molecule has 2 saturated heterocycles. The minimum atomic E-state index is -0.656. The number of methoxy groups -OCH3 is 1. The van der Waals surface area contributed by atoms with E-state index in [0.29, 0.717) is 80.0 Å². The fourth-order valence-electron chi connectivity index (χ4n) is 6.69. The van der Waals surface area contributed by atoms with Crippen molar-refractivity contribution in [3.63, 3.8) is 0 Å². The molecule has 2 aliphatic carbocycles. The van der Waals surface area contributed by atoms with E-state index in [1.165, 1.54) is 28.5 Å². The molecule has 0 atom stereocenters. The Balaban J connectivity index is 0.000000171. The monoisotopic (exact) mass is 883 g/mol. The average molecular weight is 885 g/mol. The van der Waals surface area contributed by atoms with Crippen LogP contribution in [-0.4, -0.2) is 84.7 Å². The highest BCUT2D eigenvalue weighted by Gasteiger charge is 2.33. The lowest BCUT2D eigenvalue weighted by atomic mass is 10.1. The fourth-order valence-corrected chi connectivity index (χ4v) is 7.03. The SMILES string of the molecule is CC(C)(C)OC(=O)N(CC1CC1)c1cc(Cl)nc2c(/C=C3\CC(=O)NC3=O)cnn12.COc1ccc(Cl)c(Nc2cc(NCC3CC3)n3ncc(/C=C4\CC(=O)NC4=O)c3n2)c1. The van der Waals surface area contributed by atoms with Crippen LogP contribution in [0.5, 0.6) is 5.75 Å². The lowest BCUT2D eigenvalue weighted by molar-refractivity contribution is -0.125. The molecule has 62 heavy (non-hydrogen) atoms. The van der Waals surface area contributed by atoms with Crippen LogP contribution in [0.3, 0.4) is 0 Å². The summed E-state index contributed by atoms with van der Waals surface area (Å²) in [7, 11) is 1.59. The summed E-state index contributed by atoms with van der Waals surface area (Å²) in [5.41, 5.74) is 2.78. The minimum absolute atomic E-state index is 0.00465. The summed E-state index contributed by atoms with van der Waals surface area (Å²) in [6.45, 7) is 6.74. The lowest BCUT2D eigenvalue weighted by Gasteiger charge is -2.27. The van der Waals surface area contributed by atoms with Crippen molar-refractivity contribution in [1.29, 1.82) is 0 Å². The first-order chi connectivity index (χ1) is 29.6. The number of carbonyl (C=O) groups excluding carboxylic acids is 5. The summed E-state index contributed by atoms with van der Waals surface area (Å²) in [6.07, 6.45) is 10.4. The van der Waals surface area contributed by atoms with Gasteiger partial charge in [0.05, 0.1) is 43.1 Å². The summed E-state index contributed by atoms with van der Waals surface area (Å²) < 4.78 is 14.1. The first-order valence-corrected chi connectivity index (χ1v) is 20.7. The third kappa shape index (κ3) is 9.81. The van der Waals surface area contributed by atoms with Crippen molar-refractivity contribution < 1.29 is 33.4 Å². The second-order valence-electron chi connectivity index (χ2n) is 16.4. The lowest BCUT2D eigenvalue weighted by Crippen LogP contribution is -2.39. The molecule has 2 aliphatic heterocycles. The van der Waals surface area contributed by atoms with Gasteiger partial charge >= 0.3 is 6.09 Å². The number of carbonyl (C=O) groups is 5. The average Bonchev–Trinajstić information content (AvgIpc) is 4.09. The summed E-state index contributed by atoms with van der Waals surface area (Å²) >= 11 is 12.6. The van der Waals surface area contributed by atoms with Crippen molar-refractivity contribution >= 4 is 99.5 Å². The van der Waals surface area contributed by atoms with Gasteiger partial charge in [0.25, 0.3) is 11.8 Å². The smallest absolute Gasteiger partial charge is 0.416 e. The zero-order valence-corrected chi connectivity index (χ0v) is 35.8. The Morgan fingerprint density at radius 3 is 2.05 bits per heavy atom. The number of halogens is 2. The van der Waals surface area contributed by atoms with E-state index in [1.807, 2.05) is 26.8 Å². The zero-order valence-electron chi connectivity index (χ0n) is 34.3. The van der Waals surface area contributed by atoms with Crippen LogP contribution in [0.15, 0.2) is 53.9 Å². The first kappa shape index (κ1) is 42.2. The highest BCUT2D eigenvalue weighted by atomic mass is 35.5. The second kappa shape index (κ2) is 17.1. The van der Waals surface area contributed by atoms with Crippen molar-refractivity contribution in [1.82, 2.24) is 39.8 Å². The van der Waals surface area contributed by atoms with Crippen molar-refractivity contribution in [2.75, 3.05) is 35.7 Å². The van der Waals surface area contributed by atoms with Gasteiger partial charge in [-0.25, -0.2) is 14.8 Å². The van der Waals surface area contributed by atoms with Crippen LogP contribution in [-0.2, 0) is 23.9 Å². The molecular formula is C42H43Cl2N11O7. The Bertz CT molecular complexity index is 2710. The number of nitrogens with one attached hydrogen (secondary N) is 4. The number of rotatable bonds is 11. The van der Waals surface area contributed by atoms with Crippen LogP contribution in [0, 0.1) is 11.8 Å². The molecule has 5 aromatic rings. The van der Waals surface area contributed by atoms with Crippen LogP contribution < -0.4 is 30.9 Å². The van der Waals surface area contributed by atoms with E-state index in [2.05, 4.69) is 36.4 Å². The first-order valence-electron chi connectivity index (χ1n) is 20.0.